The standard InChI is InChI=1S/C24H28ClF2N7O2/c1-12-11-36-7-6-18(12)30-23-29-10-19-22(33-23)34(15-4-2-13(3-5-15)21(28)35)24(31-19)32-20-16(26)8-14(25)9-17(20)27/h8-10,12-13,15,18H,2-7,11H2,1H3,(H2,28,35)(H,31,32)(H,29,30,33)/t12-,13-,15-,18-/m1/s1. The first-order chi connectivity index (χ1) is 17.3. The largest absolute Gasteiger partial charge is 0.381 e. The molecule has 1 aliphatic carbocycles. The minimum absolute atomic E-state index is 0.0437. The van der Waals surface area contributed by atoms with E-state index in [1.54, 1.807) is 6.20 Å². The number of nitrogens with one attached hydrogen (secondary N) is 2. The van der Waals surface area contributed by atoms with Crippen molar-refractivity contribution in [1.29, 1.82) is 0 Å². The number of primary amides is 1. The minimum atomic E-state index is -0.835. The van der Waals surface area contributed by atoms with Crippen LogP contribution in [-0.2, 0) is 9.53 Å². The van der Waals surface area contributed by atoms with Crippen molar-refractivity contribution in [1.82, 2.24) is 19.5 Å². The number of nitrogens with zero attached hydrogens (tertiary/aromatic N) is 4. The van der Waals surface area contributed by atoms with Gasteiger partial charge in [0, 0.05) is 29.6 Å². The third-order valence-electron chi connectivity index (χ3n) is 7.10. The highest BCUT2D eigenvalue weighted by Gasteiger charge is 2.30. The fourth-order valence-electron chi connectivity index (χ4n) is 5.05. The number of amides is 1. The fourth-order valence-corrected chi connectivity index (χ4v) is 5.24. The van der Waals surface area contributed by atoms with Gasteiger partial charge in [0.1, 0.15) is 11.2 Å². The zero-order valence-corrected chi connectivity index (χ0v) is 20.6. The number of aromatic nitrogens is 4. The van der Waals surface area contributed by atoms with Crippen LogP contribution in [-0.4, -0.2) is 44.7 Å². The van der Waals surface area contributed by atoms with Gasteiger partial charge in [-0.2, -0.15) is 4.98 Å². The van der Waals surface area contributed by atoms with Crippen LogP contribution in [0.15, 0.2) is 18.3 Å². The van der Waals surface area contributed by atoms with Crippen molar-refractivity contribution in [3.05, 3.63) is 35.0 Å². The molecule has 9 nitrogen and oxygen atoms in total. The Kier molecular flexibility index (Phi) is 6.94. The third-order valence-corrected chi connectivity index (χ3v) is 7.31. The van der Waals surface area contributed by atoms with Crippen LogP contribution in [0.25, 0.3) is 11.2 Å². The monoisotopic (exact) mass is 519 g/mol. The lowest BCUT2D eigenvalue weighted by molar-refractivity contribution is -0.122. The molecular weight excluding hydrogens is 492 g/mol. The van der Waals surface area contributed by atoms with E-state index in [0.717, 1.165) is 18.6 Å². The maximum absolute atomic E-state index is 14.6. The van der Waals surface area contributed by atoms with Crippen molar-refractivity contribution in [3.8, 4) is 0 Å². The van der Waals surface area contributed by atoms with Crippen LogP contribution in [0.3, 0.4) is 0 Å². The lowest BCUT2D eigenvalue weighted by Crippen LogP contribution is -2.36. The molecule has 1 saturated carbocycles. The molecular formula is C24H28ClF2N7O2. The van der Waals surface area contributed by atoms with Crippen molar-refractivity contribution < 1.29 is 18.3 Å². The lowest BCUT2D eigenvalue weighted by atomic mass is 9.85. The van der Waals surface area contributed by atoms with E-state index in [0.29, 0.717) is 61.9 Å². The van der Waals surface area contributed by atoms with E-state index >= 15 is 0 Å². The van der Waals surface area contributed by atoms with Crippen molar-refractivity contribution in [2.24, 2.45) is 17.6 Å². The average molecular weight is 520 g/mol. The SMILES string of the molecule is C[C@@H]1COCC[C@H]1Nc1ncc2nc(Nc3c(F)cc(Cl)cc3F)n([C@H]3CC[C@H](C(N)=O)CC3)c2n1. The summed E-state index contributed by atoms with van der Waals surface area (Å²) in [7, 11) is 0. The smallest absolute Gasteiger partial charge is 0.224 e. The number of hydrogen-bond acceptors (Lipinski definition) is 7. The summed E-state index contributed by atoms with van der Waals surface area (Å²) in [5.74, 6) is -1.20. The molecule has 2 aromatic heterocycles. The maximum Gasteiger partial charge on any atom is 0.224 e. The summed E-state index contributed by atoms with van der Waals surface area (Å²) in [6.07, 6.45) is 4.93. The highest BCUT2D eigenvalue weighted by Crippen LogP contribution is 2.38. The summed E-state index contributed by atoms with van der Waals surface area (Å²) in [4.78, 5) is 25.4. The van der Waals surface area contributed by atoms with Gasteiger partial charge >= 0.3 is 0 Å². The average Bonchev–Trinajstić information content (AvgIpc) is 3.20. The number of carbonyl (C=O) groups is 1. The molecule has 12 heteroatoms. The van der Waals surface area contributed by atoms with E-state index in [2.05, 4.69) is 27.5 Å². The Morgan fingerprint density at radius 2 is 1.89 bits per heavy atom. The molecule has 1 aromatic carbocycles. The fraction of sp³-hybridized carbons (Fsp3) is 0.500. The van der Waals surface area contributed by atoms with Gasteiger partial charge in [0.2, 0.25) is 17.8 Å². The Bertz CT molecular complexity index is 1260. The van der Waals surface area contributed by atoms with E-state index in [4.69, 9.17) is 27.1 Å². The first-order valence-corrected chi connectivity index (χ1v) is 12.5. The molecule has 2 atom stereocenters. The summed E-state index contributed by atoms with van der Waals surface area (Å²) in [6.45, 7) is 3.43. The van der Waals surface area contributed by atoms with E-state index in [1.807, 2.05) is 4.57 Å². The molecule has 4 N–H and O–H groups in total. The van der Waals surface area contributed by atoms with Gasteiger partial charge in [-0.05, 0) is 50.2 Å². The zero-order valence-electron chi connectivity index (χ0n) is 19.8. The van der Waals surface area contributed by atoms with Crippen molar-refractivity contribution in [3.63, 3.8) is 0 Å². The lowest BCUT2D eigenvalue weighted by Gasteiger charge is -2.30. The number of hydrogen-bond donors (Lipinski definition) is 3. The molecule has 3 aromatic rings. The first-order valence-electron chi connectivity index (χ1n) is 12.1. The van der Waals surface area contributed by atoms with Crippen LogP contribution >= 0.6 is 11.6 Å². The van der Waals surface area contributed by atoms with Gasteiger partial charge in [0.15, 0.2) is 17.3 Å². The molecule has 0 radical (unpaired) electrons. The number of rotatable bonds is 6. The number of benzene rings is 1. The number of imidazole rings is 1. The van der Waals surface area contributed by atoms with Gasteiger partial charge < -0.3 is 21.1 Å². The molecule has 0 bridgehead atoms. The summed E-state index contributed by atoms with van der Waals surface area (Å²) < 4.78 is 36.6. The second-order valence-corrected chi connectivity index (χ2v) is 10.0. The predicted molar refractivity (Wildman–Crippen MR) is 132 cm³/mol. The molecule has 36 heavy (non-hydrogen) atoms. The summed E-state index contributed by atoms with van der Waals surface area (Å²) >= 11 is 5.79. The van der Waals surface area contributed by atoms with Crippen molar-refractivity contribution in [2.45, 2.75) is 51.1 Å². The summed E-state index contributed by atoms with van der Waals surface area (Å²) in [5, 5.41) is 6.17. The van der Waals surface area contributed by atoms with Crippen LogP contribution in [0.2, 0.25) is 5.02 Å². The number of nitrogens with two attached hydrogens (primary N) is 1. The second-order valence-electron chi connectivity index (χ2n) is 9.58. The maximum atomic E-state index is 14.6. The topological polar surface area (TPSA) is 120 Å². The molecule has 5 rings (SSSR count). The molecule has 3 heterocycles. The predicted octanol–water partition coefficient (Wildman–Crippen LogP) is 4.56. The van der Waals surface area contributed by atoms with Crippen LogP contribution in [0.4, 0.5) is 26.4 Å². The Balaban J connectivity index is 1.53. The van der Waals surface area contributed by atoms with Gasteiger partial charge in [-0.25, -0.2) is 18.7 Å². The van der Waals surface area contributed by atoms with Crippen LogP contribution in [0, 0.1) is 23.5 Å². The van der Waals surface area contributed by atoms with Crippen molar-refractivity contribution >= 4 is 46.3 Å². The highest BCUT2D eigenvalue weighted by atomic mass is 35.5. The Hall–Kier alpha value is -3.05. The summed E-state index contributed by atoms with van der Waals surface area (Å²) in [5.41, 5.74) is 6.18. The van der Waals surface area contributed by atoms with Gasteiger partial charge in [-0.3, -0.25) is 9.36 Å². The number of ether oxygens (including phenoxy) is 1. The second kappa shape index (κ2) is 10.1. The normalized spacial score (nSPS) is 24.6. The zero-order chi connectivity index (χ0) is 25.4. The molecule has 2 fully saturated rings. The van der Waals surface area contributed by atoms with Crippen LogP contribution < -0.4 is 16.4 Å². The molecule has 1 saturated heterocycles. The quantitative estimate of drug-likeness (QED) is 0.437. The van der Waals surface area contributed by atoms with Crippen LogP contribution in [0.1, 0.15) is 45.1 Å². The Morgan fingerprint density at radius 1 is 1.17 bits per heavy atom. The molecule has 1 aliphatic heterocycles. The molecule has 0 spiro atoms. The number of fused-ring (bicyclic) bond motifs is 1. The third kappa shape index (κ3) is 4.94. The van der Waals surface area contributed by atoms with Gasteiger partial charge in [-0.15, -0.1) is 0 Å². The van der Waals surface area contributed by atoms with E-state index in [9.17, 15) is 13.6 Å². The molecule has 1 amide bonds. The summed E-state index contributed by atoms with van der Waals surface area (Å²) in [6, 6.07) is 2.13. The molecule has 192 valence electrons. The van der Waals surface area contributed by atoms with E-state index < -0.39 is 11.6 Å². The number of anilines is 3. The van der Waals surface area contributed by atoms with Crippen LogP contribution in [0.5, 0.6) is 0 Å². The molecule has 0 unspecified atom stereocenters. The van der Waals surface area contributed by atoms with E-state index in [1.165, 1.54) is 0 Å². The van der Waals surface area contributed by atoms with Gasteiger partial charge in [0.05, 0.1) is 12.8 Å². The highest BCUT2D eigenvalue weighted by molar-refractivity contribution is 6.30. The van der Waals surface area contributed by atoms with Gasteiger partial charge in [-0.1, -0.05) is 18.5 Å². The van der Waals surface area contributed by atoms with E-state index in [-0.39, 0.29) is 40.6 Å². The first kappa shape index (κ1) is 24.6. The van der Waals surface area contributed by atoms with Gasteiger partial charge in [0.25, 0.3) is 0 Å². The number of halogens is 3. The minimum Gasteiger partial charge on any atom is -0.381 e. The Morgan fingerprint density at radius 3 is 2.56 bits per heavy atom. The number of carbonyl (C=O) groups excluding carboxylic acids is 1. The Labute approximate surface area is 211 Å². The molecule has 2 aliphatic rings. The van der Waals surface area contributed by atoms with Crippen molar-refractivity contribution in [2.75, 3.05) is 23.8 Å².